The quantitative estimate of drug-likeness (QED) is 0.921. The third kappa shape index (κ3) is 3.20. The molecule has 1 heterocycles. The number of hydrogen-bond donors (Lipinski definition) is 1. The van der Waals surface area contributed by atoms with E-state index >= 15 is 0 Å². The maximum Gasteiger partial charge on any atom is 0.0874 e. The van der Waals surface area contributed by atoms with Gasteiger partial charge in [0.1, 0.15) is 0 Å². The van der Waals surface area contributed by atoms with Crippen LogP contribution in [-0.4, -0.2) is 44.3 Å². The molecule has 1 unspecified atom stereocenters. The Balaban J connectivity index is 1.85. The molecule has 0 amide bonds. The average Bonchev–Trinajstić information content (AvgIpc) is 2.28. The largest absolute Gasteiger partial charge is 0.381 e. The van der Waals surface area contributed by atoms with Crippen LogP contribution in [0.15, 0.2) is 28.7 Å². The Hall–Kier alpha value is -0.580. The van der Waals surface area contributed by atoms with Crippen LogP contribution in [0.5, 0.6) is 0 Å². The molecule has 1 fully saturated rings. The van der Waals surface area contributed by atoms with Gasteiger partial charge in [0, 0.05) is 29.8 Å². The molecule has 2 rings (SSSR count). The maximum atomic E-state index is 5.69. The molecule has 1 aromatic carbocycles. The Morgan fingerprint density at radius 1 is 1.50 bits per heavy atom. The minimum absolute atomic E-state index is 0.283. The Morgan fingerprint density at radius 2 is 2.31 bits per heavy atom. The van der Waals surface area contributed by atoms with Crippen LogP contribution in [0.1, 0.15) is 0 Å². The zero-order chi connectivity index (χ0) is 11.4. The minimum atomic E-state index is 0.283. The van der Waals surface area contributed by atoms with Crippen LogP contribution < -0.4 is 5.32 Å². The molecule has 1 aromatic rings. The number of anilines is 1. The lowest BCUT2D eigenvalue weighted by Crippen LogP contribution is -2.43. The van der Waals surface area contributed by atoms with Gasteiger partial charge in [-0.2, -0.15) is 0 Å². The van der Waals surface area contributed by atoms with Gasteiger partial charge in [0.25, 0.3) is 0 Å². The molecule has 3 nitrogen and oxygen atoms in total. The lowest BCUT2D eigenvalue weighted by molar-refractivity contribution is -0.0117. The van der Waals surface area contributed by atoms with Gasteiger partial charge >= 0.3 is 0 Å². The third-order valence-corrected chi connectivity index (χ3v) is 3.43. The van der Waals surface area contributed by atoms with Gasteiger partial charge in [-0.15, -0.1) is 0 Å². The fourth-order valence-electron chi connectivity index (χ4n) is 1.82. The highest BCUT2D eigenvalue weighted by molar-refractivity contribution is 9.10. The van der Waals surface area contributed by atoms with Crippen molar-refractivity contribution in [2.24, 2.45) is 0 Å². The number of likely N-dealkylation sites (N-methyl/N-ethyl adjacent to an activating group) is 1. The predicted octanol–water partition coefficient (Wildman–Crippen LogP) is 2.19. The highest BCUT2D eigenvalue weighted by Gasteiger charge is 2.17. The number of para-hydroxylation sites is 1. The summed E-state index contributed by atoms with van der Waals surface area (Å²) in [6.07, 6.45) is 0.283. The van der Waals surface area contributed by atoms with E-state index in [0.29, 0.717) is 0 Å². The molecule has 1 aliphatic heterocycles. The van der Waals surface area contributed by atoms with E-state index in [1.807, 2.05) is 18.2 Å². The van der Waals surface area contributed by atoms with Gasteiger partial charge in [-0.3, -0.25) is 0 Å². The van der Waals surface area contributed by atoms with Gasteiger partial charge in [0.05, 0.1) is 12.7 Å². The van der Waals surface area contributed by atoms with Gasteiger partial charge in [-0.05, 0) is 35.1 Å². The van der Waals surface area contributed by atoms with Crippen molar-refractivity contribution in [2.45, 2.75) is 6.10 Å². The van der Waals surface area contributed by atoms with E-state index in [-0.39, 0.29) is 6.10 Å². The molecule has 0 bridgehead atoms. The molecule has 0 radical (unpaired) electrons. The highest BCUT2D eigenvalue weighted by Crippen LogP contribution is 2.21. The van der Waals surface area contributed by atoms with Crippen molar-refractivity contribution < 1.29 is 4.74 Å². The van der Waals surface area contributed by atoms with Crippen molar-refractivity contribution >= 4 is 21.6 Å². The molecule has 4 heteroatoms. The molecule has 0 spiro atoms. The van der Waals surface area contributed by atoms with Crippen LogP contribution in [0.3, 0.4) is 0 Å². The molecule has 16 heavy (non-hydrogen) atoms. The SMILES string of the molecule is CN1CCOC(CNc2ccccc2Br)C1. The fourth-order valence-corrected chi connectivity index (χ4v) is 2.24. The first kappa shape index (κ1) is 11.9. The van der Waals surface area contributed by atoms with Crippen molar-refractivity contribution in [2.75, 3.05) is 38.6 Å². The normalized spacial score (nSPS) is 22.0. The number of nitrogens with one attached hydrogen (secondary N) is 1. The van der Waals surface area contributed by atoms with Crippen LogP contribution in [0.4, 0.5) is 5.69 Å². The van der Waals surface area contributed by atoms with Gasteiger partial charge in [-0.1, -0.05) is 12.1 Å². The minimum Gasteiger partial charge on any atom is -0.381 e. The lowest BCUT2D eigenvalue weighted by Gasteiger charge is -2.30. The molecule has 0 saturated carbocycles. The number of ether oxygens (including phenoxy) is 1. The van der Waals surface area contributed by atoms with E-state index in [2.05, 4.69) is 39.3 Å². The molecule has 1 saturated heterocycles. The van der Waals surface area contributed by atoms with Crippen molar-refractivity contribution in [1.82, 2.24) is 4.90 Å². The first-order valence-electron chi connectivity index (χ1n) is 5.54. The van der Waals surface area contributed by atoms with Crippen molar-refractivity contribution in [3.05, 3.63) is 28.7 Å². The summed E-state index contributed by atoms with van der Waals surface area (Å²) in [6, 6.07) is 8.15. The number of hydrogen-bond acceptors (Lipinski definition) is 3. The molecule has 0 aliphatic carbocycles. The molecule has 1 aliphatic rings. The van der Waals surface area contributed by atoms with Gasteiger partial charge in [0.15, 0.2) is 0 Å². The van der Waals surface area contributed by atoms with Gasteiger partial charge < -0.3 is 15.0 Å². The molecule has 1 N–H and O–H groups in total. The summed E-state index contributed by atoms with van der Waals surface area (Å²) >= 11 is 3.52. The lowest BCUT2D eigenvalue weighted by atomic mass is 10.2. The number of benzene rings is 1. The smallest absolute Gasteiger partial charge is 0.0874 e. The van der Waals surface area contributed by atoms with Crippen LogP contribution >= 0.6 is 15.9 Å². The van der Waals surface area contributed by atoms with Crippen molar-refractivity contribution in [1.29, 1.82) is 0 Å². The zero-order valence-electron chi connectivity index (χ0n) is 9.45. The Bertz CT molecular complexity index is 346. The van der Waals surface area contributed by atoms with Crippen molar-refractivity contribution in [3.63, 3.8) is 0 Å². The summed E-state index contributed by atoms with van der Waals surface area (Å²) in [5.74, 6) is 0. The first-order valence-corrected chi connectivity index (χ1v) is 6.33. The van der Waals surface area contributed by atoms with E-state index in [9.17, 15) is 0 Å². The second-order valence-corrected chi connectivity index (χ2v) is 4.97. The summed E-state index contributed by atoms with van der Waals surface area (Å²) in [6.45, 7) is 3.72. The van der Waals surface area contributed by atoms with Crippen LogP contribution in [0.25, 0.3) is 0 Å². The van der Waals surface area contributed by atoms with E-state index in [4.69, 9.17) is 4.74 Å². The first-order chi connectivity index (χ1) is 7.75. The molecule has 0 aromatic heterocycles. The topological polar surface area (TPSA) is 24.5 Å². The monoisotopic (exact) mass is 284 g/mol. The van der Waals surface area contributed by atoms with E-state index < -0.39 is 0 Å². The predicted molar refractivity (Wildman–Crippen MR) is 69.9 cm³/mol. The summed E-state index contributed by atoms with van der Waals surface area (Å²) in [4.78, 5) is 2.30. The van der Waals surface area contributed by atoms with Crippen LogP contribution in [0.2, 0.25) is 0 Å². The third-order valence-electron chi connectivity index (χ3n) is 2.74. The Morgan fingerprint density at radius 3 is 3.06 bits per heavy atom. The number of nitrogens with zero attached hydrogens (tertiary/aromatic N) is 1. The molecular weight excluding hydrogens is 268 g/mol. The molecular formula is C12H17BrN2O. The van der Waals surface area contributed by atoms with E-state index in [1.54, 1.807) is 0 Å². The highest BCUT2D eigenvalue weighted by atomic mass is 79.9. The summed E-state index contributed by atoms with van der Waals surface area (Å²) in [5, 5.41) is 3.40. The maximum absolute atomic E-state index is 5.69. The summed E-state index contributed by atoms with van der Waals surface area (Å²) < 4.78 is 6.79. The number of morpholine rings is 1. The van der Waals surface area contributed by atoms with Gasteiger partial charge in [0.2, 0.25) is 0 Å². The standard InChI is InChI=1S/C12H17BrN2O/c1-15-6-7-16-10(9-15)8-14-12-5-3-2-4-11(12)13/h2-5,10,14H,6-9H2,1H3. The number of rotatable bonds is 3. The van der Waals surface area contributed by atoms with Crippen molar-refractivity contribution in [3.8, 4) is 0 Å². The Kier molecular flexibility index (Phi) is 4.21. The molecule has 1 atom stereocenters. The number of halogens is 1. The molecule has 88 valence electrons. The van der Waals surface area contributed by atoms with Crippen LogP contribution in [0, 0.1) is 0 Å². The fraction of sp³-hybridized carbons (Fsp3) is 0.500. The second-order valence-electron chi connectivity index (χ2n) is 4.12. The Labute approximate surface area is 105 Å². The van der Waals surface area contributed by atoms with E-state index in [1.165, 1.54) is 0 Å². The van der Waals surface area contributed by atoms with E-state index in [0.717, 1.165) is 36.4 Å². The zero-order valence-corrected chi connectivity index (χ0v) is 11.0. The van der Waals surface area contributed by atoms with Gasteiger partial charge in [-0.25, -0.2) is 0 Å². The van der Waals surface area contributed by atoms with Crippen LogP contribution in [-0.2, 0) is 4.74 Å². The average molecular weight is 285 g/mol. The summed E-state index contributed by atoms with van der Waals surface area (Å²) in [7, 11) is 2.13. The summed E-state index contributed by atoms with van der Waals surface area (Å²) in [5.41, 5.74) is 1.12. The second kappa shape index (κ2) is 5.66.